The van der Waals surface area contributed by atoms with Crippen molar-refractivity contribution in [3.8, 4) is 0 Å². The van der Waals surface area contributed by atoms with Crippen molar-refractivity contribution in [3.05, 3.63) is 23.9 Å². The van der Waals surface area contributed by atoms with Gasteiger partial charge in [0.1, 0.15) is 5.03 Å². The van der Waals surface area contributed by atoms with E-state index in [-0.39, 0.29) is 0 Å². The molecule has 0 aromatic carbocycles. The summed E-state index contributed by atoms with van der Waals surface area (Å²) in [5.74, 6) is 1.85. The molecule has 1 heterocycles. The molecule has 0 spiro atoms. The van der Waals surface area contributed by atoms with Gasteiger partial charge in [-0.3, -0.25) is 0 Å². The van der Waals surface area contributed by atoms with E-state index < -0.39 is 0 Å². The van der Waals surface area contributed by atoms with Crippen molar-refractivity contribution in [2.24, 2.45) is 5.92 Å². The number of aromatic nitrogens is 1. The summed E-state index contributed by atoms with van der Waals surface area (Å²) in [6, 6.07) is 4.18. The number of thioether (sulfide) groups is 1. The van der Waals surface area contributed by atoms with Crippen LogP contribution in [0.4, 0.5) is 0 Å². The second kappa shape index (κ2) is 7.69. The van der Waals surface area contributed by atoms with E-state index in [0.717, 1.165) is 18.8 Å². The molecule has 0 unspecified atom stereocenters. The van der Waals surface area contributed by atoms with E-state index in [0.29, 0.717) is 5.92 Å². The standard InChI is InChI=1S/C13H22N2S/c1-4-7-14-9-12-6-5-8-15-13(12)16-10-11(2)3/h5-6,8,11,14H,4,7,9-10H2,1-3H3. The van der Waals surface area contributed by atoms with Gasteiger partial charge in [-0.2, -0.15) is 0 Å². The summed E-state index contributed by atoms with van der Waals surface area (Å²) in [6.45, 7) is 8.67. The van der Waals surface area contributed by atoms with Crippen molar-refractivity contribution in [2.45, 2.75) is 38.8 Å². The zero-order chi connectivity index (χ0) is 11.8. The number of hydrogen-bond acceptors (Lipinski definition) is 3. The lowest BCUT2D eigenvalue weighted by atomic mass is 10.3. The maximum atomic E-state index is 4.45. The van der Waals surface area contributed by atoms with Crippen LogP contribution in [0.1, 0.15) is 32.8 Å². The van der Waals surface area contributed by atoms with Crippen LogP contribution in [0.2, 0.25) is 0 Å². The fourth-order valence-electron chi connectivity index (χ4n) is 1.33. The topological polar surface area (TPSA) is 24.9 Å². The zero-order valence-electron chi connectivity index (χ0n) is 10.5. The Balaban J connectivity index is 2.53. The van der Waals surface area contributed by atoms with E-state index >= 15 is 0 Å². The predicted octanol–water partition coefficient (Wildman–Crippen LogP) is 3.33. The van der Waals surface area contributed by atoms with Crippen molar-refractivity contribution >= 4 is 11.8 Å². The molecule has 0 saturated heterocycles. The average molecular weight is 238 g/mol. The summed E-state index contributed by atoms with van der Waals surface area (Å²) >= 11 is 1.86. The van der Waals surface area contributed by atoms with Gasteiger partial charge in [0.25, 0.3) is 0 Å². The molecule has 0 bridgehead atoms. The Hall–Kier alpha value is -0.540. The minimum atomic E-state index is 0.712. The molecule has 0 radical (unpaired) electrons. The summed E-state index contributed by atoms with van der Waals surface area (Å²) in [5, 5.41) is 4.61. The van der Waals surface area contributed by atoms with Crippen molar-refractivity contribution in [2.75, 3.05) is 12.3 Å². The summed E-state index contributed by atoms with van der Waals surface area (Å²) < 4.78 is 0. The molecule has 0 saturated carbocycles. The molecule has 16 heavy (non-hydrogen) atoms. The Morgan fingerprint density at radius 1 is 1.44 bits per heavy atom. The third-order valence-electron chi connectivity index (χ3n) is 2.15. The van der Waals surface area contributed by atoms with Crippen LogP contribution in [0.15, 0.2) is 23.4 Å². The van der Waals surface area contributed by atoms with E-state index in [9.17, 15) is 0 Å². The first-order valence-corrected chi connectivity index (χ1v) is 7.00. The van der Waals surface area contributed by atoms with E-state index in [2.05, 4.69) is 37.1 Å². The van der Waals surface area contributed by atoms with Gasteiger partial charge >= 0.3 is 0 Å². The van der Waals surface area contributed by atoms with Gasteiger partial charge in [0.2, 0.25) is 0 Å². The fraction of sp³-hybridized carbons (Fsp3) is 0.615. The lowest BCUT2D eigenvalue weighted by Crippen LogP contribution is -2.14. The molecular weight excluding hydrogens is 216 g/mol. The smallest absolute Gasteiger partial charge is 0.100 e. The molecule has 0 fully saturated rings. The van der Waals surface area contributed by atoms with Crippen LogP contribution in [-0.2, 0) is 6.54 Å². The van der Waals surface area contributed by atoms with Gasteiger partial charge in [-0.05, 0) is 30.5 Å². The third-order valence-corrected chi connectivity index (χ3v) is 3.62. The molecule has 2 nitrogen and oxygen atoms in total. The van der Waals surface area contributed by atoms with Crippen LogP contribution >= 0.6 is 11.8 Å². The predicted molar refractivity (Wildman–Crippen MR) is 71.8 cm³/mol. The number of nitrogens with one attached hydrogen (secondary N) is 1. The van der Waals surface area contributed by atoms with Crippen LogP contribution in [0.5, 0.6) is 0 Å². The van der Waals surface area contributed by atoms with Crippen molar-refractivity contribution in [3.63, 3.8) is 0 Å². The molecule has 1 aromatic heterocycles. The summed E-state index contributed by atoms with van der Waals surface area (Å²) in [7, 11) is 0. The van der Waals surface area contributed by atoms with Gasteiger partial charge in [0.05, 0.1) is 0 Å². The number of rotatable bonds is 7. The minimum absolute atomic E-state index is 0.712. The van der Waals surface area contributed by atoms with Gasteiger partial charge in [-0.15, -0.1) is 11.8 Å². The fourth-order valence-corrected chi connectivity index (χ4v) is 2.29. The van der Waals surface area contributed by atoms with E-state index in [1.54, 1.807) is 0 Å². The van der Waals surface area contributed by atoms with Gasteiger partial charge in [-0.1, -0.05) is 26.8 Å². The highest BCUT2D eigenvalue weighted by atomic mass is 32.2. The summed E-state index contributed by atoms with van der Waals surface area (Å²) in [5.41, 5.74) is 1.32. The maximum Gasteiger partial charge on any atom is 0.100 e. The van der Waals surface area contributed by atoms with Crippen LogP contribution in [0.3, 0.4) is 0 Å². The summed E-state index contributed by atoms with van der Waals surface area (Å²) in [4.78, 5) is 4.45. The Bertz CT molecular complexity index is 300. The van der Waals surface area contributed by atoms with Crippen LogP contribution < -0.4 is 5.32 Å². The molecule has 0 atom stereocenters. The lowest BCUT2D eigenvalue weighted by molar-refractivity contribution is 0.664. The number of pyridine rings is 1. The second-order valence-electron chi connectivity index (χ2n) is 4.35. The highest BCUT2D eigenvalue weighted by Crippen LogP contribution is 2.21. The monoisotopic (exact) mass is 238 g/mol. The van der Waals surface area contributed by atoms with Gasteiger partial charge in [-0.25, -0.2) is 4.98 Å². The number of hydrogen-bond donors (Lipinski definition) is 1. The Morgan fingerprint density at radius 3 is 2.94 bits per heavy atom. The first kappa shape index (κ1) is 13.5. The Labute approximate surface area is 103 Å². The highest BCUT2D eigenvalue weighted by molar-refractivity contribution is 7.99. The maximum absolute atomic E-state index is 4.45. The van der Waals surface area contributed by atoms with E-state index in [1.807, 2.05) is 24.0 Å². The van der Waals surface area contributed by atoms with Crippen LogP contribution in [-0.4, -0.2) is 17.3 Å². The lowest BCUT2D eigenvalue weighted by Gasteiger charge is -2.09. The zero-order valence-corrected chi connectivity index (χ0v) is 11.3. The quantitative estimate of drug-likeness (QED) is 0.582. The molecular formula is C13H22N2S. The third kappa shape index (κ3) is 4.99. The molecule has 1 N–H and O–H groups in total. The normalized spacial score (nSPS) is 11.0. The number of nitrogens with zero attached hydrogens (tertiary/aromatic N) is 1. The molecule has 90 valence electrons. The SMILES string of the molecule is CCCNCc1cccnc1SCC(C)C. The van der Waals surface area contributed by atoms with E-state index in [4.69, 9.17) is 0 Å². The molecule has 0 aliphatic heterocycles. The van der Waals surface area contributed by atoms with Gasteiger partial charge < -0.3 is 5.32 Å². The van der Waals surface area contributed by atoms with Crippen LogP contribution in [0, 0.1) is 5.92 Å². The first-order chi connectivity index (χ1) is 7.74. The minimum Gasteiger partial charge on any atom is -0.313 e. The molecule has 1 aromatic rings. The van der Waals surface area contributed by atoms with Crippen molar-refractivity contribution < 1.29 is 0 Å². The molecule has 0 aliphatic rings. The molecule has 0 aliphatic carbocycles. The second-order valence-corrected chi connectivity index (χ2v) is 5.36. The molecule has 3 heteroatoms. The van der Waals surface area contributed by atoms with E-state index in [1.165, 1.54) is 17.0 Å². The highest BCUT2D eigenvalue weighted by Gasteiger charge is 2.04. The van der Waals surface area contributed by atoms with Gasteiger partial charge in [0.15, 0.2) is 0 Å². The Morgan fingerprint density at radius 2 is 2.25 bits per heavy atom. The first-order valence-electron chi connectivity index (χ1n) is 6.01. The largest absolute Gasteiger partial charge is 0.313 e. The molecule has 1 rings (SSSR count). The van der Waals surface area contributed by atoms with Crippen molar-refractivity contribution in [1.29, 1.82) is 0 Å². The summed E-state index contributed by atoms with van der Waals surface area (Å²) in [6.07, 6.45) is 3.06. The van der Waals surface area contributed by atoms with Crippen LogP contribution in [0.25, 0.3) is 0 Å². The Kier molecular flexibility index (Phi) is 6.50. The average Bonchev–Trinajstić information content (AvgIpc) is 2.28. The van der Waals surface area contributed by atoms with Crippen molar-refractivity contribution in [1.82, 2.24) is 10.3 Å². The molecule has 0 amide bonds. The van der Waals surface area contributed by atoms with Gasteiger partial charge in [0, 0.05) is 18.5 Å².